The number of hydrogen-bond acceptors (Lipinski definition) is 3. The van der Waals surface area contributed by atoms with Gasteiger partial charge in [-0.3, -0.25) is 4.79 Å². The average Bonchev–Trinajstić information content (AvgIpc) is 2.38. The Kier molecular flexibility index (Phi) is 7.02. The number of halogens is 1. The summed E-state index contributed by atoms with van der Waals surface area (Å²) in [5, 5.41) is 2.92. The molecular weight excluding hydrogens is 320 g/mol. The zero-order chi connectivity index (χ0) is 15.1. The number of carbonyl (C=O) groups is 1. The molecule has 3 N–H and O–H groups in total. The van der Waals surface area contributed by atoms with E-state index in [-0.39, 0.29) is 18.6 Å². The number of carbonyl (C=O) groups excluding carboxylic acids is 1. The number of nitrogens with one attached hydrogen (secondary N) is 1. The van der Waals surface area contributed by atoms with Gasteiger partial charge in [0.1, 0.15) is 5.75 Å². The van der Waals surface area contributed by atoms with Crippen molar-refractivity contribution in [1.29, 1.82) is 0 Å². The van der Waals surface area contributed by atoms with Crippen molar-refractivity contribution in [3.05, 3.63) is 28.2 Å². The second-order valence-electron chi connectivity index (χ2n) is 5.16. The Hall–Kier alpha value is -1.07. The first-order valence-electron chi connectivity index (χ1n) is 6.85. The number of rotatable bonds is 7. The number of benzene rings is 1. The van der Waals surface area contributed by atoms with Crippen LogP contribution in [-0.4, -0.2) is 25.1 Å². The molecule has 0 saturated carbocycles. The van der Waals surface area contributed by atoms with Crippen LogP contribution in [0.3, 0.4) is 0 Å². The van der Waals surface area contributed by atoms with Crippen molar-refractivity contribution in [2.75, 3.05) is 13.2 Å². The van der Waals surface area contributed by atoms with Gasteiger partial charge in [-0.2, -0.15) is 0 Å². The van der Waals surface area contributed by atoms with Gasteiger partial charge in [-0.25, -0.2) is 0 Å². The topological polar surface area (TPSA) is 64.3 Å². The quantitative estimate of drug-likeness (QED) is 0.800. The molecule has 5 heteroatoms. The van der Waals surface area contributed by atoms with Crippen LogP contribution < -0.4 is 15.8 Å². The summed E-state index contributed by atoms with van der Waals surface area (Å²) in [6.07, 6.45) is 0.721. The van der Waals surface area contributed by atoms with Crippen LogP contribution in [0.25, 0.3) is 0 Å². The molecular formula is C15H23BrN2O2. The van der Waals surface area contributed by atoms with E-state index in [1.165, 1.54) is 0 Å². The minimum absolute atomic E-state index is 0.0112. The van der Waals surface area contributed by atoms with Gasteiger partial charge in [0.15, 0.2) is 6.61 Å². The van der Waals surface area contributed by atoms with Crippen molar-refractivity contribution in [3.8, 4) is 5.75 Å². The first-order chi connectivity index (χ1) is 9.45. The highest BCUT2D eigenvalue weighted by Gasteiger charge is 2.13. The van der Waals surface area contributed by atoms with Gasteiger partial charge >= 0.3 is 0 Å². The predicted molar refractivity (Wildman–Crippen MR) is 84.8 cm³/mol. The molecule has 0 aliphatic carbocycles. The minimum Gasteiger partial charge on any atom is -0.482 e. The molecule has 0 aliphatic heterocycles. The fraction of sp³-hybridized carbons (Fsp3) is 0.533. The third kappa shape index (κ3) is 5.13. The highest BCUT2D eigenvalue weighted by Crippen LogP contribution is 2.29. The lowest BCUT2D eigenvalue weighted by Gasteiger charge is -2.18. The molecule has 0 bridgehead atoms. The summed E-state index contributed by atoms with van der Waals surface area (Å²) in [4.78, 5) is 11.8. The van der Waals surface area contributed by atoms with E-state index in [4.69, 9.17) is 10.5 Å². The summed E-state index contributed by atoms with van der Waals surface area (Å²) in [7, 11) is 0. The normalized spacial score (nSPS) is 12.3. The lowest BCUT2D eigenvalue weighted by molar-refractivity contribution is -0.124. The first-order valence-corrected chi connectivity index (χ1v) is 7.64. The molecule has 112 valence electrons. The third-order valence-electron chi connectivity index (χ3n) is 3.20. The second-order valence-corrected chi connectivity index (χ2v) is 6.01. The van der Waals surface area contributed by atoms with Gasteiger partial charge in [-0.05, 0) is 53.4 Å². The molecule has 1 unspecified atom stereocenters. The van der Waals surface area contributed by atoms with E-state index in [1.54, 1.807) is 0 Å². The van der Waals surface area contributed by atoms with Crippen molar-refractivity contribution in [2.24, 2.45) is 11.7 Å². The molecule has 0 aliphatic rings. The van der Waals surface area contributed by atoms with Crippen molar-refractivity contribution < 1.29 is 9.53 Å². The van der Waals surface area contributed by atoms with Crippen molar-refractivity contribution in [1.82, 2.24) is 5.32 Å². The predicted octanol–water partition coefficient (Wildman–Crippen LogP) is 2.49. The van der Waals surface area contributed by atoms with Crippen LogP contribution in [0.5, 0.6) is 5.75 Å². The molecule has 1 aromatic carbocycles. The van der Waals surface area contributed by atoms with Gasteiger partial charge in [0.25, 0.3) is 5.91 Å². The van der Waals surface area contributed by atoms with Gasteiger partial charge < -0.3 is 15.8 Å². The molecule has 0 spiro atoms. The Morgan fingerprint density at radius 2 is 2.10 bits per heavy atom. The van der Waals surface area contributed by atoms with Crippen molar-refractivity contribution in [2.45, 2.75) is 33.2 Å². The van der Waals surface area contributed by atoms with Crippen LogP contribution >= 0.6 is 15.9 Å². The molecule has 1 rings (SSSR count). The van der Waals surface area contributed by atoms with Crippen LogP contribution in [0.4, 0.5) is 0 Å². The Morgan fingerprint density at radius 1 is 1.40 bits per heavy atom. The van der Waals surface area contributed by atoms with Crippen LogP contribution in [0, 0.1) is 5.92 Å². The van der Waals surface area contributed by atoms with Crippen LogP contribution in [0.2, 0.25) is 0 Å². The largest absolute Gasteiger partial charge is 0.482 e. The van der Waals surface area contributed by atoms with Crippen LogP contribution in [-0.2, 0) is 11.2 Å². The van der Waals surface area contributed by atoms with E-state index in [1.807, 2.05) is 25.1 Å². The molecule has 1 aromatic rings. The molecule has 1 amide bonds. The van der Waals surface area contributed by atoms with E-state index in [9.17, 15) is 4.79 Å². The Bertz CT molecular complexity index is 449. The highest BCUT2D eigenvalue weighted by molar-refractivity contribution is 9.10. The Morgan fingerprint density at radius 3 is 2.70 bits per heavy atom. The minimum atomic E-state index is -0.111. The number of para-hydroxylation sites is 1. The van der Waals surface area contributed by atoms with E-state index in [0.29, 0.717) is 18.2 Å². The molecule has 4 nitrogen and oxygen atoms in total. The number of nitrogens with two attached hydrogens (primary N) is 1. The molecule has 0 fully saturated rings. The first kappa shape index (κ1) is 17.0. The van der Waals surface area contributed by atoms with Gasteiger partial charge in [0.2, 0.25) is 0 Å². The van der Waals surface area contributed by atoms with E-state index in [2.05, 4.69) is 35.1 Å². The SMILES string of the molecule is CC(C)C(C)NC(=O)COc1c(Br)cccc1CCN. The summed E-state index contributed by atoms with van der Waals surface area (Å²) >= 11 is 3.44. The lowest BCUT2D eigenvalue weighted by atomic mass is 10.1. The second kappa shape index (κ2) is 8.27. The molecule has 20 heavy (non-hydrogen) atoms. The summed E-state index contributed by atoms with van der Waals surface area (Å²) < 4.78 is 6.49. The third-order valence-corrected chi connectivity index (χ3v) is 3.82. The van der Waals surface area contributed by atoms with E-state index < -0.39 is 0 Å². The number of hydrogen-bond donors (Lipinski definition) is 2. The van der Waals surface area contributed by atoms with Crippen molar-refractivity contribution in [3.63, 3.8) is 0 Å². The standard InChI is InChI=1S/C15H23BrN2O2/c1-10(2)11(3)18-14(19)9-20-15-12(7-8-17)5-4-6-13(15)16/h4-6,10-11H,7-9,17H2,1-3H3,(H,18,19). The monoisotopic (exact) mass is 342 g/mol. The summed E-state index contributed by atoms with van der Waals surface area (Å²) in [5.41, 5.74) is 6.59. The Balaban J connectivity index is 2.63. The van der Waals surface area contributed by atoms with Gasteiger partial charge in [0, 0.05) is 6.04 Å². The van der Waals surface area contributed by atoms with E-state index >= 15 is 0 Å². The van der Waals surface area contributed by atoms with E-state index in [0.717, 1.165) is 16.5 Å². The zero-order valence-corrected chi connectivity index (χ0v) is 13.9. The fourth-order valence-corrected chi connectivity index (χ4v) is 2.19. The highest BCUT2D eigenvalue weighted by atomic mass is 79.9. The Labute approximate surface area is 129 Å². The molecule has 1 atom stereocenters. The van der Waals surface area contributed by atoms with Crippen molar-refractivity contribution >= 4 is 21.8 Å². The molecule has 0 heterocycles. The van der Waals surface area contributed by atoms with Gasteiger partial charge in [-0.1, -0.05) is 26.0 Å². The lowest BCUT2D eigenvalue weighted by Crippen LogP contribution is -2.39. The summed E-state index contributed by atoms with van der Waals surface area (Å²) in [6, 6.07) is 5.92. The van der Waals surface area contributed by atoms with Crippen LogP contribution in [0.1, 0.15) is 26.3 Å². The maximum Gasteiger partial charge on any atom is 0.258 e. The maximum atomic E-state index is 11.8. The van der Waals surface area contributed by atoms with Gasteiger partial charge in [-0.15, -0.1) is 0 Å². The maximum absolute atomic E-state index is 11.8. The van der Waals surface area contributed by atoms with Crippen LogP contribution in [0.15, 0.2) is 22.7 Å². The fourth-order valence-electron chi connectivity index (χ4n) is 1.67. The molecule has 0 aromatic heterocycles. The number of amides is 1. The summed E-state index contributed by atoms with van der Waals surface area (Å²) in [6.45, 7) is 6.68. The number of ether oxygens (including phenoxy) is 1. The molecule has 0 radical (unpaired) electrons. The summed E-state index contributed by atoms with van der Waals surface area (Å²) in [5.74, 6) is 0.987. The smallest absolute Gasteiger partial charge is 0.258 e. The molecule has 0 saturated heterocycles. The zero-order valence-electron chi connectivity index (χ0n) is 12.3. The average molecular weight is 343 g/mol. The van der Waals surface area contributed by atoms with Gasteiger partial charge in [0.05, 0.1) is 4.47 Å².